The number of nitrogens with one attached hydrogen (secondary N) is 1. The molecule has 3 N–H and O–H groups in total. The zero-order valence-electron chi connectivity index (χ0n) is 18.0. The molecule has 2 aromatic heterocycles. The topological polar surface area (TPSA) is 102 Å². The second kappa shape index (κ2) is 8.39. The Bertz CT molecular complexity index is 1280. The van der Waals surface area contributed by atoms with Gasteiger partial charge in [-0.25, -0.2) is 4.98 Å². The van der Waals surface area contributed by atoms with E-state index in [2.05, 4.69) is 34.5 Å². The van der Waals surface area contributed by atoms with Gasteiger partial charge in [-0.2, -0.15) is 14.8 Å². The molecule has 0 saturated heterocycles. The van der Waals surface area contributed by atoms with Crippen molar-refractivity contribution in [3.8, 4) is 5.95 Å². The summed E-state index contributed by atoms with van der Waals surface area (Å²) in [6, 6.07) is 15.7. The monoisotopic (exact) mass is 427 g/mol. The first-order valence-corrected chi connectivity index (χ1v) is 10.7. The zero-order chi connectivity index (χ0) is 22.1. The Morgan fingerprint density at radius 3 is 2.78 bits per heavy atom. The molecule has 3 heterocycles. The third-order valence-corrected chi connectivity index (χ3v) is 5.84. The van der Waals surface area contributed by atoms with Crippen LogP contribution in [0.3, 0.4) is 0 Å². The predicted molar refractivity (Wildman–Crippen MR) is 124 cm³/mol. The Labute approximate surface area is 186 Å². The highest BCUT2D eigenvalue weighted by Crippen LogP contribution is 2.26. The molecule has 5 rings (SSSR count). The zero-order valence-corrected chi connectivity index (χ0v) is 18.0. The number of nitrogens with zero attached hydrogens (tertiary/aromatic N) is 5. The van der Waals surface area contributed by atoms with E-state index in [0.717, 1.165) is 48.5 Å². The van der Waals surface area contributed by atoms with Crippen molar-refractivity contribution in [2.24, 2.45) is 5.73 Å². The summed E-state index contributed by atoms with van der Waals surface area (Å²) in [5.74, 6) is 0.829. The highest BCUT2D eigenvalue weighted by molar-refractivity contribution is 6.05. The number of aromatic nitrogens is 4. The van der Waals surface area contributed by atoms with Gasteiger partial charge in [0.25, 0.3) is 5.95 Å². The Kier molecular flexibility index (Phi) is 5.28. The van der Waals surface area contributed by atoms with Gasteiger partial charge in [0, 0.05) is 24.0 Å². The molecule has 0 bridgehead atoms. The van der Waals surface area contributed by atoms with E-state index in [0.29, 0.717) is 23.4 Å². The summed E-state index contributed by atoms with van der Waals surface area (Å²) < 4.78 is 1.68. The molecule has 8 heteroatoms. The van der Waals surface area contributed by atoms with Crippen LogP contribution in [-0.2, 0) is 19.5 Å². The van der Waals surface area contributed by atoms with Gasteiger partial charge in [-0.05, 0) is 44.1 Å². The number of rotatable bonds is 5. The van der Waals surface area contributed by atoms with Crippen LogP contribution < -0.4 is 11.1 Å². The van der Waals surface area contributed by atoms with Gasteiger partial charge in [-0.1, -0.05) is 36.4 Å². The fourth-order valence-electron chi connectivity index (χ4n) is 4.22. The van der Waals surface area contributed by atoms with E-state index in [1.807, 2.05) is 24.3 Å². The largest absolute Gasteiger partial charge is 0.366 e. The smallest absolute Gasteiger partial charge is 0.253 e. The van der Waals surface area contributed by atoms with Crippen molar-refractivity contribution in [2.75, 3.05) is 18.9 Å². The number of benzene rings is 2. The van der Waals surface area contributed by atoms with Crippen LogP contribution in [0, 0.1) is 0 Å². The van der Waals surface area contributed by atoms with E-state index in [1.165, 1.54) is 5.56 Å². The molecule has 0 fully saturated rings. The maximum Gasteiger partial charge on any atom is 0.253 e. The Balaban J connectivity index is 1.61. The van der Waals surface area contributed by atoms with Crippen LogP contribution >= 0.6 is 0 Å². The fraction of sp³-hybridized carbons (Fsp3) is 0.250. The van der Waals surface area contributed by atoms with Crippen molar-refractivity contribution >= 4 is 22.6 Å². The lowest BCUT2D eigenvalue weighted by atomic mass is 10.1. The van der Waals surface area contributed by atoms with Crippen LogP contribution in [0.5, 0.6) is 0 Å². The van der Waals surface area contributed by atoms with Gasteiger partial charge >= 0.3 is 0 Å². The Morgan fingerprint density at radius 2 is 1.97 bits per heavy atom. The maximum atomic E-state index is 11.8. The fourth-order valence-corrected chi connectivity index (χ4v) is 4.22. The van der Waals surface area contributed by atoms with E-state index >= 15 is 0 Å². The van der Waals surface area contributed by atoms with Gasteiger partial charge in [0.05, 0.1) is 23.0 Å². The lowest BCUT2D eigenvalue weighted by molar-refractivity contribution is 0.100. The van der Waals surface area contributed by atoms with Gasteiger partial charge in [0.15, 0.2) is 0 Å². The molecule has 0 unspecified atom stereocenters. The lowest BCUT2D eigenvalue weighted by Crippen LogP contribution is -2.19. The average Bonchev–Trinajstić information content (AvgIpc) is 3.14. The summed E-state index contributed by atoms with van der Waals surface area (Å²) in [5, 5.41) is 8.72. The number of primary amides is 1. The van der Waals surface area contributed by atoms with Crippen LogP contribution in [0.25, 0.3) is 16.9 Å². The summed E-state index contributed by atoms with van der Waals surface area (Å²) in [6.07, 6.45) is 3.62. The van der Waals surface area contributed by atoms with Crippen molar-refractivity contribution in [3.63, 3.8) is 0 Å². The summed E-state index contributed by atoms with van der Waals surface area (Å²) in [6.45, 7) is 2.43. The van der Waals surface area contributed by atoms with Crippen molar-refractivity contribution in [2.45, 2.75) is 25.9 Å². The molecule has 0 saturated carbocycles. The number of carbonyl (C=O) groups excluding carboxylic acids is 1. The van der Waals surface area contributed by atoms with E-state index in [4.69, 9.17) is 15.7 Å². The molecule has 0 atom stereocenters. The third kappa shape index (κ3) is 3.80. The standard InChI is InChI=1S/C24H25N7O/c1-30-12-6-10-18-20(15-30)28-24(29-23(18)26-13-16-7-3-2-4-8-16)31-21-11-5-9-17(22(25)32)19(21)14-27-31/h2-5,7-9,11,14H,6,10,12-13,15H2,1H3,(H2,25,32)(H,26,28,29). The van der Waals surface area contributed by atoms with Crippen molar-refractivity contribution < 1.29 is 4.79 Å². The summed E-state index contributed by atoms with van der Waals surface area (Å²) >= 11 is 0. The Morgan fingerprint density at radius 1 is 1.12 bits per heavy atom. The second-order valence-electron chi connectivity index (χ2n) is 8.14. The Hall–Kier alpha value is -3.78. The molecular weight excluding hydrogens is 402 g/mol. The van der Waals surface area contributed by atoms with Gasteiger partial charge in [-0.15, -0.1) is 0 Å². The van der Waals surface area contributed by atoms with Crippen LogP contribution in [-0.4, -0.2) is 44.1 Å². The molecule has 0 radical (unpaired) electrons. The molecule has 32 heavy (non-hydrogen) atoms. The molecule has 8 nitrogen and oxygen atoms in total. The van der Waals surface area contributed by atoms with E-state index in [-0.39, 0.29) is 0 Å². The van der Waals surface area contributed by atoms with E-state index < -0.39 is 5.91 Å². The minimum Gasteiger partial charge on any atom is -0.366 e. The van der Waals surface area contributed by atoms with Crippen LogP contribution in [0.4, 0.5) is 5.82 Å². The average molecular weight is 428 g/mol. The molecular formula is C24H25N7O. The maximum absolute atomic E-state index is 11.8. The summed E-state index contributed by atoms with van der Waals surface area (Å²) in [4.78, 5) is 23.9. The molecule has 0 spiro atoms. The first kappa shape index (κ1) is 20.1. The van der Waals surface area contributed by atoms with Crippen molar-refractivity contribution in [1.29, 1.82) is 0 Å². The predicted octanol–water partition coefficient (Wildman–Crippen LogP) is 2.90. The third-order valence-electron chi connectivity index (χ3n) is 5.84. The van der Waals surface area contributed by atoms with Crippen molar-refractivity contribution in [1.82, 2.24) is 24.6 Å². The molecule has 0 aliphatic carbocycles. The number of carbonyl (C=O) groups is 1. The number of hydrogen-bond acceptors (Lipinski definition) is 6. The lowest BCUT2D eigenvalue weighted by Gasteiger charge is -2.16. The highest BCUT2D eigenvalue weighted by Gasteiger charge is 2.21. The van der Waals surface area contributed by atoms with Crippen LogP contribution in [0.2, 0.25) is 0 Å². The van der Waals surface area contributed by atoms with Gasteiger partial charge in [0.2, 0.25) is 5.91 Å². The summed E-state index contributed by atoms with van der Waals surface area (Å²) in [7, 11) is 2.11. The minimum absolute atomic E-state index is 0.436. The summed E-state index contributed by atoms with van der Waals surface area (Å²) in [5.41, 5.74) is 10.1. The van der Waals surface area contributed by atoms with E-state index in [9.17, 15) is 4.79 Å². The number of hydrogen-bond donors (Lipinski definition) is 2. The van der Waals surface area contributed by atoms with Crippen LogP contribution in [0.1, 0.15) is 33.6 Å². The quantitative estimate of drug-likeness (QED) is 0.508. The van der Waals surface area contributed by atoms with Gasteiger partial charge < -0.3 is 16.0 Å². The highest BCUT2D eigenvalue weighted by atomic mass is 16.1. The number of fused-ring (bicyclic) bond motifs is 2. The second-order valence-corrected chi connectivity index (χ2v) is 8.14. The number of nitrogens with two attached hydrogens (primary N) is 1. The van der Waals surface area contributed by atoms with Crippen LogP contribution in [0.15, 0.2) is 54.7 Å². The minimum atomic E-state index is -0.482. The number of anilines is 1. The van der Waals surface area contributed by atoms with Crippen molar-refractivity contribution in [3.05, 3.63) is 77.1 Å². The molecule has 162 valence electrons. The molecule has 2 aromatic carbocycles. The normalized spacial score (nSPS) is 14.2. The van der Waals surface area contributed by atoms with Gasteiger partial charge in [0.1, 0.15) is 5.82 Å². The SMILES string of the molecule is CN1CCCc2c(nc(-n3ncc4c(C(N)=O)cccc43)nc2NCc2ccccc2)C1. The first-order chi connectivity index (χ1) is 15.6. The number of amides is 1. The molecule has 4 aromatic rings. The molecule has 1 aliphatic heterocycles. The first-order valence-electron chi connectivity index (χ1n) is 10.7. The van der Waals surface area contributed by atoms with Gasteiger partial charge in [-0.3, -0.25) is 4.79 Å². The molecule has 1 aliphatic rings. The van der Waals surface area contributed by atoms with E-state index in [1.54, 1.807) is 23.0 Å². The molecule has 1 amide bonds.